The summed E-state index contributed by atoms with van der Waals surface area (Å²) >= 11 is 0. The van der Waals surface area contributed by atoms with Gasteiger partial charge in [-0.25, -0.2) is 9.78 Å². The number of rotatable bonds is 4. The van der Waals surface area contributed by atoms with Crippen LogP contribution >= 0.6 is 0 Å². The quantitative estimate of drug-likeness (QED) is 0.833. The highest BCUT2D eigenvalue weighted by Crippen LogP contribution is 2.24. The fraction of sp³-hybridized carbons (Fsp3) is 0.571. The van der Waals surface area contributed by atoms with Gasteiger partial charge < -0.3 is 9.84 Å². The molecule has 1 fully saturated rings. The third-order valence-corrected chi connectivity index (χ3v) is 3.43. The van der Waals surface area contributed by atoms with Crippen molar-refractivity contribution in [1.29, 1.82) is 0 Å². The average Bonchev–Trinajstić information content (AvgIpc) is 2.65. The van der Waals surface area contributed by atoms with Gasteiger partial charge in [-0.15, -0.1) is 0 Å². The second kappa shape index (κ2) is 6.38. The molecule has 0 unspecified atom stereocenters. The van der Waals surface area contributed by atoms with Crippen LogP contribution in [-0.4, -0.2) is 22.7 Å². The summed E-state index contributed by atoms with van der Waals surface area (Å²) in [5, 5.41) is 9.03. The first-order chi connectivity index (χ1) is 8.77. The van der Waals surface area contributed by atoms with Gasteiger partial charge in [-0.1, -0.05) is 25.7 Å². The Morgan fingerprint density at radius 2 is 2.06 bits per heavy atom. The van der Waals surface area contributed by atoms with Gasteiger partial charge in [0, 0.05) is 6.20 Å². The maximum atomic E-state index is 11.0. The largest absolute Gasteiger partial charge is 0.477 e. The number of carboxylic acids is 1. The van der Waals surface area contributed by atoms with Crippen LogP contribution in [0.25, 0.3) is 0 Å². The number of hydrogen-bond acceptors (Lipinski definition) is 3. The molecule has 0 aromatic carbocycles. The first kappa shape index (κ1) is 12.9. The van der Waals surface area contributed by atoms with E-state index in [1.54, 1.807) is 12.3 Å². The fourth-order valence-electron chi connectivity index (χ4n) is 2.40. The van der Waals surface area contributed by atoms with Gasteiger partial charge in [-0.05, 0) is 30.9 Å². The number of hydrogen-bond donors (Lipinski definition) is 1. The van der Waals surface area contributed by atoms with Crippen molar-refractivity contribution in [3.05, 3.63) is 23.9 Å². The van der Waals surface area contributed by atoms with Crippen LogP contribution in [0.5, 0.6) is 5.88 Å². The van der Waals surface area contributed by atoms with Crippen molar-refractivity contribution in [2.75, 3.05) is 6.61 Å². The Morgan fingerprint density at radius 1 is 1.33 bits per heavy atom. The van der Waals surface area contributed by atoms with Crippen molar-refractivity contribution in [2.45, 2.75) is 38.5 Å². The molecule has 4 heteroatoms. The van der Waals surface area contributed by atoms with Crippen LogP contribution in [0.15, 0.2) is 18.3 Å². The summed E-state index contributed by atoms with van der Waals surface area (Å²) in [7, 11) is 0. The van der Waals surface area contributed by atoms with Crippen molar-refractivity contribution in [3.63, 3.8) is 0 Å². The number of aromatic nitrogens is 1. The SMILES string of the molecule is O=C(O)c1cccnc1OCC1CCCCCC1. The number of ether oxygens (including phenoxy) is 1. The molecule has 1 heterocycles. The summed E-state index contributed by atoms with van der Waals surface area (Å²) in [5.74, 6) is -0.204. The first-order valence-corrected chi connectivity index (χ1v) is 6.58. The van der Waals surface area contributed by atoms with Crippen LogP contribution in [0.3, 0.4) is 0 Å². The topological polar surface area (TPSA) is 59.4 Å². The molecular weight excluding hydrogens is 230 g/mol. The molecule has 1 aromatic rings. The van der Waals surface area contributed by atoms with Crippen LogP contribution in [-0.2, 0) is 0 Å². The van der Waals surface area contributed by atoms with Crippen LogP contribution in [0.2, 0.25) is 0 Å². The van der Waals surface area contributed by atoms with Crippen molar-refractivity contribution in [3.8, 4) is 5.88 Å². The number of carboxylic acid groups (broad SMARTS) is 1. The van der Waals surface area contributed by atoms with Crippen LogP contribution in [0, 0.1) is 5.92 Å². The molecule has 18 heavy (non-hydrogen) atoms. The van der Waals surface area contributed by atoms with E-state index < -0.39 is 5.97 Å². The normalized spacial score (nSPS) is 17.1. The Hall–Kier alpha value is -1.58. The van der Waals surface area contributed by atoms with Crippen LogP contribution in [0.4, 0.5) is 0 Å². The molecule has 1 N–H and O–H groups in total. The predicted molar refractivity (Wildman–Crippen MR) is 67.9 cm³/mol. The van der Waals surface area contributed by atoms with E-state index in [1.807, 2.05) is 0 Å². The van der Waals surface area contributed by atoms with E-state index in [-0.39, 0.29) is 11.4 Å². The van der Waals surface area contributed by atoms with E-state index in [0.29, 0.717) is 12.5 Å². The smallest absolute Gasteiger partial charge is 0.341 e. The molecule has 0 amide bonds. The molecule has 0 aliphatic heterocycles. The summed E-state index contributed by atoms with van der Waals surface area (Å²) < 4.78 is 5.60. The van der Waals surface area contributed by atoms with Crippen molar-refractivity contribution >= 4 is 5.97 Å². The van der Waals surface area contributed by atoms with Gasteiger partial charge in [0.05, 0.1) is 6.61 Å². The monoisotopic (exact) mass is 249 g/mol. The zero-order chi connectivity index (χ0) is 12.8. The molecule has 1 aliphatic rings. The number of pyridine rings is 1. The lowest BCUT2D eigenvalue weighted by Gasteiger charge is -2.15. The number of aromatic carboxylic acids is 1. The van der Waals surface area contributed by atoms with Crippen LogP contribution < -0.4 is 4.74 Å². The molecule has 2 rings (SSSR count). The lowest BCUT2D eigenvalue weighted by Crippen LogP contribution is -2.14. The third-order valence-electron chi connectivity index (χ3n) is 3.43. The molecule has 1 aromatic heterocycles. The van der Waals surface area contributed by atoms with E-state index in [9.17, 15) is 4.79 Å². The van der Waals surface area contributed by atoms with Gasteiger partial charge in [0.2, 0.25) is 5.88 Å². The summed E-state index contributed by atoms with van der Waals surface area (Å²) in [6.07, 6.45) is 9.03. The molecule has 0 radical (unpaired) electrons. The Morgan fingerprint density at radius 3 is 2.72 bits per heavy atom. The molecule has 4 nitrogen and oxygen atoms in total. The molecule has 1 aliphatic carbocycles. The molecule has 0 saturated heterocycles. The summed E-state index contributed by atoms with van der Waals surface area (Å²) in [6.45, 7) is 0.581. The highest BCUT2D eigenvalue weighted by atomic mass is 16.5. The zero-order valence-electron chi connectivity index (χ0n) is 10.5. The highest BCUT2D eigenvalue weighted by molar-refractivity contribution is 5.90. The summed E-state index contributed by atoms with van der Waals surface area (Å²) in [6, 6.07) is 3.14. The number of nitrogens with zero attached hydrogens (tertiary/aromatic N) is 1. The van der Waals surface area contributed by atoms with E-state index in [4.69, 9.17) is 9.84 Å². The molecular formula is C14H19NO3. The first-order valence-electron chi connectivity index (χ1n) is 6.58. The van der Waals surface area contributed by atoms with Gasteiger partial charge in [-0.3, -0.25) is 0 Å². The van der Waals surface area contributed by atoms with Gasteiger partial charge >= 0.3 is 5.97 Å². The molecule has 0 atom stereocenters. The van der Waals surface area contributed by atoms with Crippen LogP contribution in [0.1, 0.15) is 48.9 Å². The minimum Gasteiger partial charge on any atom is -0.477 e. The van der Waals surface area contributed by atoms with Gasteiger partial charge in [0.25, 0.3) is 0 Å². The van der Waals surface area contributed by atoms with E-state index in [1.165, 1.54) is 44.6 Å². The van der Waals surface area contributed by atoms with Gasteiger partial charge in [-0.2, -0.15) is 0 Å². The number of carbonyl (C=O) groups is 1. The third kappa shape index (κ3) is 3.45. The molecule has 1 saturated carbocycles. The Balaban J connectivity index is 1.94. The zero-order valence-corrected chi connectivity index (χ0v) is 10.5. The minimum absolute atomic E-state index is 0.145. The Labute approximate surface area is 107 Å². The van der Waals surface area contributed by atoms with Crippen molar-refractivity contribution in [2.24, 2.45) is 5.92 Å². The maximum absolute atomic E-state index is 11.0. The van der Waals surface area contributed by atoms with Gasteiger partial charge in [0.15, 0.2) is 0 Å². The Bertz CT molecular complexity index is 398. The lowest BCUT2D eigenvalue weighted by molar-refractivity contribution is 0.0689. The highest BCUT2D eigenvalue weighted by Gasteiger charge is 2.16. The second-order valence-corrected chi connectivity index (χ2v) is 4.83. The summed E-state index contributed by atoms with van der Waals surface area (Å²) in [5.41, 5.74) is 0.145. The van der Waals surface area contributed by atoms with Crippen molar-refractivity contribution < 1.29 is 14.6 Å². The maximum Gasteiger partial charge on any atom is 0.341 e. The lowest BCUT2D eigenvalue weighted by atomic mass is 10.0. The Kier molecular flexibility index (Phi) is 4.56. The predicted octanol–water partition coefficient (Wildman–Crippen LogP) is 3.13. The summed E-state index contributed by atoms with van der Waals surface area (Å²) in [4.78, 5) is 15.0. The molecule has 98 valence electrons. The van der Waals surface area contributed by atoms with E-state index in [2.05, 4.69) is 4.98 Å². The van der Waals surface area contributed by atoms with Gasteiger partial charge in [0.1, 0.15) is 5.56 Å². The standard InChI is InChI=1S/C14H19NO3/c16-14(17)12-8-5-9-15-13(12)18-10-11-6-3-1-2-4-7-11/h5,8-9,11H,1-4,6-7,10H2,(H,16,17). The second-order valence-electron chi connectivity index (χ2n) is 4.83. The van der Waals surface area contributed by atoms with E-state index >= 15 is 0 Å². The fourth-order valence-corrected chi connectivity index (χ4v) is 2.40. The minimum atomic E-state index is -0.987. The van der Waals surface area contributed by atoms with Crippen molar-refractivity contribution in [1.82, 2.24) is 4.98 Å². The molecule has 0 spiro atoms. The van der Waals surface area contributed by atoms with E-state index in [0.717, 1.165) is 0 Å². The average molecular weight is 249 g/mol. The molecule has 0 bridgehead atoms.